The number of carbonyl (C=O) groups is 1. The average Bonchev–Trinajstić information content (AvgIpc) is 2.45. The van der Waals surface area contributed by atoms with Crippen LogP contribution in [0.25, 0.3) is 0 Å². The number of halogens is 1. The number of amides is 1. The van der Waals surface area contributed by atoms with Gasteiger partial charge >= 0.3 is 0 Å². The highest BCUT2D eigenvalue weighted by Crippen LogP contribution is 2.16. The summed E-state index contributed by atoms with van der Waals surface area (Å²) in [5.74, 6) is 0.240. The van der Waals surface area contributed by atoms with Gasteiger partial charge in [0.1, 0.15) is 0 Å². The highest BCUT2D eigenvalue weighted by molar-refractivity contribution is 7.90. The van der Waals surface area contributed by atoms with Gasteiger partial charge in [-0.3, -0.25) is 4.79 Å². The van der Waals surface area contributed by atoms with Crippen molar-refractivity contribution in [3.63, 3.8) is 0 Å². The molecule has 0 aromatic heterocycles. The molecule has 5 nitrogen and oxygen atoms in total. The molecule has 1 aromatic carbocycles. The number of piperidine rings is 1. The van der Waals surface area contributed by atoms with E-state index in [0.29, 0.717) is 18.0 Å². The Labute approximate surface area is 138 Å². The van der Waals surface area contributed by atoms with Crippen LogP contribution in [0.1, 0.15) is 28.8 Å². The summed E-state index contributed by atoms with van der Waals surface area (Å²) in [5.41, 5.74) is 1.21. The molecule has 1 atom stereocenters. The highest BCUT2D eigenvalue weighted by Gasteiger charge is 2.17. The van der Waals surface area contributed by atoms with Crippen LogP contribution in [0.5, 0.6) is 0 Å². The summed E-state index contributed by atoms with van der Waals surface area (Å²) < 4.78 is 23.2. The highest BCUT2D eigenvalue weighted by atomic mass is 35.5. The van der Waals surface area contributed by atoms with E-state index in [1.807, 2.05) is 6.92 Å². The normalized spacial score (nSPS) is 18.4. The molecule has 0 bridgehead atoms. The smallest absolute Gasteiger partial charge is 0.251 e. The summed E-state index contributed by atoms with van der Waals surface area (Å²) in [4.78, 5) is 12.4. The molecule has 1 aliphatic heterocycles. The Bertz CT molecular complexity index is 626. The fourth-order valence-corrected chi connectivity index (χ4v) is 3.15. The Morgan fingerprint density at radius 1 is 1.41 bits per heavy atom. The van der Waals surface area contributed by atoms with Crippen molar-refractivity contribution in [2.45, 2.75) is 24.7 Å². The van der Waals surface area contributed by atoms with E-state index >= 15 is 0 Å². The molecular weight excluding hydrogens is 324 g/mol. The molecule has 7 heteroatoms. The van der Waals surface area contributed by atoms with Crippen LogP contribution in [0.4, 0.5) is 0 Å². The van der Waals surface area contributed by atoms with Gasteiger partial charge in [0.15, 0.2) is 9.84 Å². The Balaban J connectivity index is 0.00000242. The van der Waals surface area contributed by atoms with Crippen LogP contribution >= 0.6 is 12.4 Å². The zero-order valence-electron chi connectivity index (χ0n) is 12.9. The van der Waals surface area contributed by atoms with E-state index in [1.165, 1.54) is 12.1 Å². The third kappa shape index (κ3) is 4.97. The molecule has 1 heterocycles. The molecule has 0 spiro atoms. The molecular formula is C15H23ClN2O3S. The zero-order valence-corrected chi connectivity index (χ0v) is 14.5. The van der Waals surface area contributed by atoms with Gasteiger partial charge in [0.25, 0.3) is 5.91 Å². The summed E-state index contributed by atoms with van der Waals surface area (Å²) in [7, 11) is -3.30. The molecule has 1 aliphatic rings. The molecule has 2 N–H and O–H groups in total. The van der Waals surface area contributed by atoms with Gasteiger partial charge in [-0.2, -0.15) is 0 Å². The van der Waals surface area contributed by atoms with Crippen LogP contribution in [-0.4, -0.2) is 40.2 Å². The molecule has 1 amide bonds. The van der Waals surface area contributed by atoms with Crippen molar-refractivity contribution in [3.8, 4) is 0 Å². The van der Waals surface area contributed by atoms with Crippen molar-refractivity contribution in [1.82, 2.24) is 10.6 Å². The second-order valence-electron chi connectivity index (χ2n) is 5.67. The van der Waals surface area contributed by atoms with Crippen molar-refractivity contribution in [2.24, 2.45) is 5.92 Å². The predicted molar refractivity (Wildman–Crippen MR) is 89.5 cm³/mol. The summed E-state index contributed by atoms with van der Waals surface area (Å²) in [6, 6.07) is 4.67. The lowest BCUT2D eigenvalue weighted by molar-refractivity contribution is 0.0944. The van der Waals surface area contributed by atoms with E-state index in [4.69, 9.17) is 0 Å². The maximum atomic E-state index is 12.3. The fourth-order valence-electron chi connectivity index (χ4n) is 2.51. The third-order valence-electron chi connectivity index (χ3n) is 3.83. The summed E-state index contributed by atoms with van der Waals surface area (Å²) in [6.45, 7) is 4.39. The van der Waals surface area contributed by atoms with E-state index in [9.17, 15) is 13.2 Å². The van der Waals surface area contributed by atoms with Gasteiger partial charge in [-0.05, 0) is 56.5 Å². The molecule has 2 rings (SSSR count). The van der Waals surface area contributed by atoms with Crippen molar-refractivity contribution in [2.75, 3.05) is 25.9 Å². The fraction of sp³-hybridized carbons (Fsp3) is 0.533. The lowest BCUT2D eigenvalue weighted by Crippen LogP contribution is -2.38. The topological polar surface area (TPSA) is 75.3 Å². The molecule has 1 unspecified atom stereocenters. The molecule has 0 aliphatic carbocycles. The van der Waals surface area contributed by atoms with Crippen LogP contribution in [0.15, 0.2) is 23.1 Å². The van der Waals surface area contributed by atoms with Crippen molar-refractivity contribution in [3.05, 3.63) is 29.3 Å². The van der Waals surface area contributed by atoms with Gasteiger partial charge in [-0.1, -0.05) is 6.07 Å². The minimum Gasteiger partial charge on any atom is -0.352 e. The first-order valence-electron chi connectivity index (χ1n) is 7.17. The van der Waals surface area contributed by atoms with Gasteiger partial charge < -0.3 is 10.6 Å². The molecule has 22 heavy (non-hydrogen) atoms. The van der Waals surface area contributed by atoms with Crippen molar-refractivity contribution >= 4 is 28.2 Å². The Kier molecular flexibility index (Phi) is 6.84. The van der Waals surface area contributed by atoms with Gasteiger partial charge in [-0.25, -0.2) is 8.42 Å². The standard InChI is InChI=1S/C15H22N2O3S.ClH/c1-11-5-6-13(21(2,19)20)8-14(11)15(18)17-10-12-4-3-7-16-9-12;/h5-6,8,12,16H,3-4,7,9-10H2,1-2H3,(H,17,18);1H. The van der Waals surface area contributed by atoms with Gasteiger partial charge in [0.05, 0.1) is 4.90 Å². The predicted octanol–water partition coefficient (Wildman–Crippen LogP) is 1.55. The molecule has 0 radical (unpaired) electrons. The number of aryl methyl sites for hydroxylation is 1. The second kappa shape index (κ2) is 7.94. The van der Waals surface area contributed by atoms with Gasteiger partial charge in [0, 0.05) is 18.4 Å². The van der Waals surface area contributed by atoms with E-state index < -0.39 is 9.84 Å². The van der Waals surface area contributed by atoms with E-state index in [2.05, 4.69) is 10.6 Å². The number of sulfone groups is 1. The van der Waals surface area contributed by atoms with Crippen molar-refractivity contribution < 1.29 is 13.2 Å². The zero-order chi connectivity index (χ0) is 15.5. The Morgan fingerprint density at radius 3 is 2.73 bits per heavy atom. The first-order valence-corrected chi connectivity index (χ1v) is 9.06. The third-order valence-corrected chi connectivity index (χ3v) is 4.94. The van der Waals surface area contributed by atoms with Crippen LogP contribution in [0.2, 0.25) is 0 Å². The SMILES string of the molecule is Cc1ccc(S(C)(=O)=O)cc1C(=O)NCC1CCCNC1.Cl. The number of hydrogen-bond donors (Lipinski definition) is 2. The lowest BCUT2D eigenvalue weighted by atomic mass is 9.99. The summed E-state index contributed by atoms with van der Waals surface area (Å²) in [6.07, 6.45) is 3.38. The first kappa shape index (κ1) is 18.9. The van der Waals surface area contributed by atoms with Gasteiger partial charge in [0.2, 0.25) is 0 Å². The molecule has 1 aromatic rings. The number of nitrogens with one attached hydrogen (secondary N) is 2. The summed E-state index contributed by atoms with van der Waals surface area (Å²) in [5, 5.41) is 6.22. The average molecular weight is 347 g/mol. The van der Waals surface area contributed by atoms with Crippen LogP contribution in [0, 0.1) is 12.8 Å². The minimum atomic E-state index is -3.30. The van der Waals surface area contributed by atoms with Crippen LogP contribution in [0.3, 0.4) is 0 Å². The Hall–Kier alpha value is -1.11. The van der Waals surface area contributed by atoms with Crippen LogP contribution < -0.4 is 10.6 Å². The Morgan fingerprint density at radius 2 is 2.14 bits per heavy atom. The van der Waals surface area contributed by atoms with E-state index in [1.54, 1.807) is 6.07 Å². The second-order valence-corrected chi connectivity index (χ2v) is 7.69. The molecule has 1 saturated heterocycles. The molecule has 1 fully saturated rings. The lowest BCUT2D eigenvalue weighted by Gasteiger charge is -2.23. The number of rotatable bonds is 4. The maximum Gasteiger partial charge on any atom is 0.251 e. The minimum absolute atomic E-state index is 0. The first-order chi connectivity index (χ1) is 9.88. The summed E-state index contributed by atoms with van der Waals surface area (Å²) >= 11 is 0. The number of carbonyl (C=O) groups excluding carboxylic acids is 1. The largest absolute Gasteiger partial charge is 0.352 e. The maximum absolute atomic E-state index is 12.3. The van der Waals surface area contributed by atoms with Gasteiger partial charge in [-0.15, -0.1) is 12.4 Å². The molecule has 0 saturated carbocycles. The van der Waals surface area contributed by atoms with Crippen LogP contribution in [-0.2, 0) is 9.84 Å². The quantitative estimate of drug-likeness (QED) is 0.867. The van der Waals surface area contributed by atoms with E-state index in [0.717, 1.165) is 37.8 Å². The number of hydrogen-bond acceptors (Lipinski definition) is 4. The monoisotopic (exact) mass is 346 g/mol. The van der Waals surface area contributed by atoms with Crippen molar-refractivity contribution in [1.29, 1.82) is 0 Å². The number of benzene rings is 1. The van der Waals surface area contributed by atoms with E-state index in [-0.39, 0.29) is 23.2 Å². The molecule has 124 valence electrons.